The molecule has 3 aromatic carbocycles. The van der Waals surface area contributed by atoms with E-state index in [1.807, 2.05) is 10.8 Å². The molecule has 1 fully saturated rings. The van der Waals surface area contributed by atoms with Crippen molar-refractivity contribution in [1.29, 1.82) is 0 Å². The van der Waals surface area contributed by atoms with Gasteiger partial charge in [0.1, 0.15) is 24.2 Å². The molecule has 10 heteroatoms. The SMILES string of the molecule is COc1ccc(C(=O)c2ccc(Cl)cc2)c(OCC2COC(Cn3ccnc3)(c3ccc(Cl)cc3Cl)O2)c1. The first-order valence-electron chi connectivity index (χ1n) is 11.7. The molecule has 2 heterocycles. The minimum Gasteiger partial charge on any atom is -0.497 e. The molecule has 1 aliphatic heterocycles. The van der Waals surface area contributed by atoms with Crippen molar-refractivity contribution in [1.82, 2.24) is 9.55 Å². The second-order valence-corrected chi connectivity index (χ2v) is 9.95. The van der Waals surface area contributed by atoms with E-state index in [1.54, 1.807) is 80.3 Å². The summed E-state index contributed by atoms with van der Waals surface area (Å²) in [4.78, 5) is 17.4. The van der Waals surface area contributed by atoms with Gasteiger partial charge in [0.05, 0.1) is 37.2 Å². The van der Waals surface area contributed by atoms with Crippen LogP contribution < -0.4 is 9.47 Å². The minimum absolute atomic E-state index is 0.116. The number of nitrogens with zero attached hydrogens (tertiary/aromatic N) is 2. The van der Waals surface area contributed by atoms with Gasteiger partial charge in [-0.3, -0.25) is 4.79 Å². The van der Waals surface area contributed by atoms with Crippen LogP contribution >= 0.6 is 34.8 Å². The lowest BCUT2D eigenvalue weighted by Crippen LogP contribution is -2.34. The zero-order valence-electron chi connectivity index (χ0n) is 20.3. The second kappa shape index (κ2) is 11.4. The molecular weight excluding hydrogens is 551 g/mol. The van der Waals surface area contributed by atoms with Crippen LogP contribution in [0, 0.1) is 0 Å². The van der Waals surface area contributed by atoms with Crippen LogP contribution in [-0.4, -0.2) is 41.8 Å². The summed E-state index contributed by atoms with van der Waals surface area (Å²) in [6.45, 7) is 0.660. The van der Waals surface area contributed by atoms with Gasteiger partial charge >= 0.3 is 0 Å². The number of carbonyl (C=O) groups is 1. The topological polar surface area (TPSA) is 71.8 Å². The van der Waals surface area contributed by atoms with Gasteiger partial charge in [0.25, 0.3) is 0 Å². The van der Waals surface area contributed by atoms with Gasteiger partial charge in [-0.25, -0.2) is 4.98 Å². The lowest BCUT2D eigenvalue weighted by molar-refractivity contribution is -0.189. The standard InChI is InChI=1S/C28H23Cl3N2O5/c1-35-21-7-8-23(27(34)18-2-4-19(29)5-3-18)26(13-21)36-14-22-15-37-28(38-22,16-33-11-10-32-17-33)24-9-6-20(30)12-25(24)31/h2-13,17,22H,14-16H2,1H3. The fourth-order valence-electron chi connectivity index (χ4n) is 4.25. The van der Waals surface area contributed by atoms with Gasteiger partial charge in [-0.2, -0.15) is 0 Å². The molecule has 7 nitrogen and oxygen atoms in total. The van der Waals surface area contributed by atoms with Crippen LogP contribution in [0.15, 0.2) is 79.4 Å². The van der Waals surface area contributed by atoms with Crippen LogP contribution in [0.2, 0.25) is 15.1 Å². The Bertz CT molecular complexity index is 1430. The van der Waals surface area contributed by atoms with Crippen LogP contribution in [0.5, 0.6) is 11.5 Å². The predicted molar refractivity (Wildman–Crippen MR) is 145 cm³/mol. The Kier molecular flexibility index (Phi) is 7.93. The van der Waals surface area contributed by atoms with E-state index in [4.69, 9.17) is 53.8 Å². The normalized spacial score (nSPS) is 18.9. The summed E-state index contributed by atoms with van der Waals surface area (Å²) in [5.74, 6) is -0.472. The van der Waals surface area contributed by atoms with Crippen molar-refractivity contribution in [2.75, 3.05) is 20.3 Å². The first-order chi connectivity index (χ1) is 18.4. The molecule has 0 saturated carbocycles. The van der Waals surface area contributed by atoms with E-state index in [9.17, 15) is 4.79 Å². The number of carbonyl (C=O) groups excluding carboxylic acids is 1. The number of hydrogen-bond donors (Lipinski definition) is 0. The zero-order valence-corrected chi connectivity index (χ0v) is 22.5. The quantitative estimate of drug-likeness (QED) is 0.215. The van der Waals surface area contributed by atoms with Crippen molar-refractivity contribution < 1.29 is 23.7 Å². The van der Waals surface area contributed by atoms with Crippen molar-refractivity contribution in [3.8, 4) is 11.5 Å². The smallest absolute Gasteiger partial charge is 0.215 e. The summed E-state index contributed by atoms with van der Waals surface area (Å²) in [7, 11) is 1.55. The molecule has 0 N–H and O–H groups in total. The Hall–Kier alpha value is -3.07. The Morgan fingerprint density at radius 3 is 2.58 bits per heavy atom. The Balaban J connectivity index is 1.38. The van der Waals surface area contributed by atoms with Gasteiger partial charge in [-0.05, 0) is 48.5 Å². The average Bonchev–Trinajstić information content (AvgIpc) is 3.58. The minimum atomic E-state index is -1.19. The van der Waals surface area contributed by atoms with Crippen LogP contribution in [0.25, 0.3) is 0 Å². The maximum absolute atomic E-state index is 13.3. The molecule has 0 spiro atoms. The fourth-order valence-corrected chi connectivity index (χ4v) is 4.93. The fraction of sp³-hybridized carbons (Fsp3) is 0.214. The molecule has 1 aliphatic rings. The first kappa shape index (κ1) is 26.5. The number of hydrogen-bond acceptors (Lipinski definition) is 6. The molecule has 1 aromatic heterocycles. The second-order valence-electron chi connectivity index (χ2n) is 8.67. The maximum Gasteiger partial charge on any atom is 0.215 e. The average molecular weight is 574 g/mol. The summed E-state index contributed by atoms with van der Waals surface area (Å²) in [6.07, 6.45) is 4.70. The highest BCUT2D eigenvalue weighted by molar-refractivity contribution is 6.35. The highest BCUT2D eigenvalue weighted by Gasteiger charge is 2.45. The van der Waals surface area contributed by atoms with Crippen LogP contribution in [0.1, 0.15) is 21.5 Å². The maximum atomic E-state index is 13.3. The van der Waals surface area contributed by atoms with E-state index in [0.717, 1.165) is 0 Å². The van der Waals surface area contributed by atoms with Gasteiger partial charge in [0.15, 0.2) is 5.78 Å². The third-order valence-electron chi connectivity index (χ3n) is 6.12. The highest BCUT2D eigenvalue weighted by Crippen LogP contribution is 2.41. The summed E-state index contributed by atoms with van der Waals surface area (Å²) in [5, 5.41) is 1.47. The molecule has 5 rings (SSSR count). The number of ether oxygens (including phenoxy) is 4. The van der Waals surface area contributed by atoms with E-state index in [1.165, 1.54) is 0 Å². The van der Waals surface area contributed by atoms with Crippen LogP contribution in [0.3, 0.4) is 0 Å². The zero-order chi connectivity index (χ0) is 26.7. The van der Waals surface area contributed by atoms with Gasteiger partial charge in [-0.1, -0.05) is 40.9 Å². The first-order valence-corrected chi connectivity index (χ1v) is 12.8. The lowest BCUT2D eigenvalue weighted by atomic mass is 10.0. The van der Waals surface area contributed by atoms with Gasteiger partial charge in [0.2, 0.25) is 5.79 Å². The largest absolute Gasteiger partial charge is 0.497 e. The van der Waals surface area contributed by atoms with E-state index in [0.29, 0.717) is 49.8 Å². The Labute approximate surface area is 234 Å². The molecule has 4 aromatic rings. The molecule has 0 radical (unpaired) electrons. The number of benzene rings is 3. The summed E-state index contributed by atoms with van der Waals surface area (Å²) in [6, 6.07) is 16.9. The van der Waals surface area contributed by atoms with Gasteiger partial charge in [-0.15, -0.1) is 0 Å². The monoisotopic (exact) mass is 572 g/mol. The summed E-state index contributed by atoms with van der Waals surface area (Å²) >= 11 is 18.7. The van der Waals surface area contributed by atoms with Gasteiger partial charge < -0.3 is 23.5 Å². The number of halogens is 3. The molecule has 2 unspecified atom stereocenters. The Morgan fingerprint density at radius 2 is 1.87 bits per heavy atom. The van der Waals surface area contributed by atoms with Crippen molar-refractivity contribution in [3.63, 3.8) is 0 Å². The number of rotatable bonds is 9. The van der Waals surface area contributed by atoms with Crippen LogP contribution in [0.4, 0.5) is 0 Å². The number of methoxy groups -OCH3 is 1. The van der Waals surface area contributed by atoms with Crippen molar-refractivity contribution in [2.24, 2.45) is 0 Å². The van der Waals surface area contributed by atoms with Crippen molar-refractivity contribution in [2.45, 2.75) is 18.4 Å². The molecule has 38 heavy (non-hydrogen) atoms. The molecule has 1 saturated heterocycles. The summed E-state index contributed by atoms with van der Waals surface area (Å²) in [5.41, 5.74) is 1.51. The molecular formula is C28H23Cl3N2O5. The van der Waals surface area contributed by atoms with E-state index < -0.39 is 11.9 Å². The predicted octanol–water partition coefficient (Wildman–Crippen LogP) is 6.43. The van der Waals surface area contributed by atoms with E-state index in [2.05, 4.69) is 4.98 Å². The number of ketones is 1. The third-order valence-corrected chi connectivity index (χ3v) is 6.92. The molecule has 0 aliphatic carbocycles. The molecule has 196 valence electrons. The third kappa shape index (κ3) is 5.67. The van der Waals surface area contributed by atoms with Crippen LogP contribution in [-0.2, 0) is 21.8 Å². The molecule has 0 bridgehead atoms. The molecule has 2 atom stereocenters. The lowest BCUT2D eigenvalue weighted by Gasteiger charge is -2.30. The van der Waals surface area contributed by atoms with Crippen molar-refractivity contribution >= 4 is 40.6 Å². The Morgan fingerprint density at radius 1 is 1.08 bits per heavy atom. The highest BCUT2D eigenvalue weighted by atomic mass is 35.5. The van der Waals surface area contributed by atoms with Crippen molar-refractivity contribution in [3.05, 3.63) is 111 Å². The summed E-state index contributed by atoms with van der Waals surface area (Å²) < 4.78 is 26.0. The number of aromatic nitrogens is 2. The number of imidazole rings is 1. The van der Waals surface area contributed by atoms with E-state index >= 15 is 0 Å². The molecule has 0 amide bonds. The van der Waals surface area contributed by atoms with Gasteiger partial charge in [0, 0.05) is 39.6 Å². The van der Waals surface area contributed by atoms with E-state index in [-0.39, 0.29) is 19.0 Å².